The first-order valence-corrected chi connectivity index (χ1v) is 33.0. The molecule has 1 aliphatic heterocycles. The van der Waals surface area contributed by atoms with Crippen LogP contribution < -0.4 is 5.32 Å². The van der Waals surface area contributed by atoms with Crippen molar-refractivity contribution in [2.45, 2.75) is 320 Å². The first kappa shape index (κ1) is 75.6. The Bertz CT molecular complexity index is 1690. The highest BCUT2D eigenvalue weighted by Gasteiger charge is 2.47. The Morgan fingerprint density at radius 2 is 0.938 bits per heavy atom. The van der Waals surface area contributed by atoms with Gasteiger partial charge in [0, 0.05) is 6.42 Å². The lowest BCUT2D eigenvalue weighted by atomic mass is 9.99. The Morgan fingerprint density at radius 3 is 1.46 bits per heavy atom. The monoisotopic (exact) mass is 1140 g/mol. The minimum atomic E-state index is -1.62. The van der Waals surface area contributed by atoms with Gasteiger partial charge in [-0.2, -0.15) is 0 Å². The number of unbranched alkanes of at least 4 members (excludes halogenated alkanes) is 29. The Labute approximate surface area is 495 Å². The van der Waals surface area contributed by atoms with Crippen molar-refractivity contribution in [2.24, 2.45) is 0 Å². The van der Waals surface area contributed by atoms with E-state index in [4.69, 9.17) is 14.2 Å². The largest absolute Gasteiger partial charge is 0.454 e. The lowest BCUT2D eigenvalue weighted by Gasteiger charge is -2.41. The third-order valence-corrected chi connectivity index (χ3v) is 15.0. The third-order valence-electron chi connectivity index (χ3n) is 15.0. The number of rotatable bonds is 55. The predicted octanol–water partition coefficient (Wildman–Crippen LogP) is 16.3. The fraction of sp³-hybridized carbons (Fsp3) is 0.743. The highest BCUT2D eigenvalue weighted by Crippen LogP contribution is 2.26. The number of esters is 1. The van der Waals surface area contributed by atoms with Crippen molar-refractivity contribution in [1.29, 1.82) is 0 Å². The van der Waals surface area contributed by atoms with E-state index in [1.54, 1.807) is 6.08 Å². The maximum Gasteiger partial charge on any atom is 0.306 e. The summed E-state index contributed by atoms with van der Waals surface area (Å²) in [4.78, 5) is 26.6. The molecule has 0 aromatic carbocycles. The molecule has 0 radical (unpaired) electrons. The summed E-state index contributed by atoms with van der Waals surface area (Å²) in [6.45, 7) is 5.63. The van der Waals surface area contributed by atoms with E-state index in [2.05, 4.69) is 105 Å². The van der Waals surface area contributed by atoms with Crippen LogP contribution in [0.3, 0.4) is 0 Å². The van der Waals surface area contributed by atoms with E-state index in [1.807, 2.05) is 12.2 Å². The number of ether oxygens (including phenoxy) is 3. The van der Waals surface area contributed by atoms with Gasteiger partial charge in [-0.25, -0.2) is 0 Å². The van der Waals surface area contributed by atoms with Gasteiger partial charge in [0.25, 0.3) is 0 Å². The SMILES string of the molecule is CC/C=C/C=C/C=C/CCCCCCCCCC(=O)OC1C(OCC(NC(=O)C(O)CCCCCCCCCC/C=C\C/C=C\C/C=C\C/C=C\CCCCC)C(O)/C=C/CCCCCCCCCCCCC)OC(CO)C(O)C1O. The van der Waals surface area contributed by atoms with Crippen LogP contribution in [0.5, 0.6) is 0 Å². The maximum absolute atomic E-state index is 13.5. The minimum Gasteiger partial charge on any atom is -0.454 e. The molecule has 0 aromatic rings. The first-order chi connectivity index (χ1) is 39.7. The Morgan fingerprint density at radius 1 is 0.506 bits per heavy atom. The molecule has 1 heterocycles. The van der Waals surface area contributed by atoms with Crippen LogP contribution in [0.25, 0.3) is 0 Å². The fourth-order valence-corrected chi connectivity index (χ4v) is 9.81. The highest BCUT2D eigenvalue weighted by atomic mass is 16.7. The summed E-state index contributed by atoms with van der Waals surface area (Å²) in [6.07, 6.45) is 65.8. The average Bonchev–Trinajstić information content (AvgIpc) is 3.53. The van der Waals surface area contributed by atoms with Crippen LogP contribution in [-0.4, -0.2) is 99.6 Å². The molecular weight excluding hydrogens is 1010 g/mol. The lowest BCUT2D eigenvalue weighted by molar-refractivity contribution is -0.305. The number of carbonyl (C=O) groups excluding carboxylic acids is 2. The molecule has 0 aromatic heterocycles. The Balaban J connectivity index is 2.65. The van der Waals surface area contributed by atoms with Crippen LogP contribution in [0, 0.1) is 0 Å². The highest BCUT2D eigenvalue weighted by molar-refractivity contribution is 5.80. The van der Waals surface area contributed by atoms with Crippen molar-refractivity contribution >= 4 is 11.9 Å². The smallest absolute Gasteiger partial charge is 0.306 e. The van der Waals surface area contributed by atoms with Crippen molar-refractivity contribution in [3.8, 4) is 0 Å². The van der Waals surface area contributed by atoms with E-state index in [0.717, 1.165) is 116 Å². The molecule has 8 unspecified atom stereocenters. The van der Waals surface area contributed by atoms with E-state index < -0.39 is 67.4 Å². The van der Waals surface area contributed by atoms with Crippen molar-refractivity contribution in [1.82, 2.24) is 5.32 Å². The van der Waals surface area contributed by atoms with E-state index in [1.165, 1.54) is 109 Å². The zero-order valence-electron chi connectivity index (χ0n) is 51.6. The number of hydrogen-bond acceptors (Lipinski definition) is 10. The van der Waals surface area contributed by atoms with Crippen molar-refractivity contribution in [3.05, 3.63) is 97.2 Å². The number of carbonyl (C=O) groups is 2. The number of aliphatic hydroxyl groups excluding tert-OH is 5. The normalized spacial score (nSPS) is 19.3. The Hall–Kier alpha value is -3.42. The summed E-state index contributed by atoms with van der Waals surface area (Å²) >= 11 is 0. The van der Waals surface area contributed by atoms with Crippen LogP contribution in [-0.2, 0) is 23.8 Å². The summed E-state index contributed by atoms with van der Waals surface area (Å²) < 4.78 is 17.6. The molecule has 81 heavy (non-hydrogen) atoms. The zero-order valence-corrected chi connectivity index (χ0v) is 51.6. The number of nitrogens with one attached hydrogen (secondary N) is 1. The molecule has 0 spiro atoms. The van der Waals surface area contributed by atoms with Gasteiger partial charge in [-0.05, 0) is 89.9 Å². The van der Waals surface area contributed by atoms with E-state index in [0.29, 0.717) is 12.8 Å². The van der Waals surface area contributed by atoms with Crippen LogP contribution >= 0.6 is 0 Å². The van der Waals surface area contributed by atoms with E-state index >= 15 is 0 Å². The summed E-state index contributed by atoms with van der Waals surface area (Å²) in [5.41, 5.74) is 0. The molecular formula is C70H121NO10. The van der Waals surface area contributed by atoms with Crippen LogP contribution in [0.2, 0.25) is 0 Å². The molecule has 11 heteroatoms. The van der Waals surface area contributed by atoms with Gasteiger partial charge in [-0.3, -0.25) is 9.59 Å². The quantitative estimate of drug-likeness (QED) is 0.0149. The number of hydrogen-bond donors (Lipinski definition) is 6. The predicted molar refractivity (Wildman–Crippen MR) is 338 cm³/mol. The zero-order chi connectivity index (χ0) is 58.9. The summed E-state index contributed by atoms with van der Waals surface area (Å²) in [5, 5.41) is 57.1. The summed E-state index contributed by atoms with van der Waals surface area (Å²) in [7, 11) is 0. The molecule has 0 saturated carbocycles. The van der Waals surface area contributed by atoms with Gasteiger partial charge >= 0.3 is 5.97 Å². The van der Waals surface area contributed by atoms with Crippen LogP contribution in [0.1, 0.15) is 271 Å². The fourth-order valence-electron chi connectivity index (χ4n) is 9.81. The lowest BCUT2D eigenvalue weighted by Crippen LogP contribution is -2.61. The molecule has 466 valence electrons. The number of aliphatic hydroxyl groups is 5. The van der Waals surface area contributed by atoms with Gasteiger partial charge in [0.1, 0.15) is 24.4 Å². The van der Waals surface area contributed by atoms with Crippen molar-refractivity contribution < 1.29 is 49.3 Å². The number of allylic oxidation sites excluding steroid dienone is 15. The number of amides is 1. The molecule has 0 bridgehead atoms. The second-order valence-electron chi connectivity index (χ2n) is 22.5. The van der Waals surface area contributed by atoms with E-state index in [9.17, 15) is 35.1 Å². The van der Waals surface area contributed by atoms with Gasteiger partial charge < -0.3 is 45.1 Å². The molecule has 1 rings (SSSR count). The van der Waals surface area contributed by atoms with Gasteiger partial charge in [0.15, 0.2) is 12.4 Å². The molecule has 1 amide bonds. The van der Waals surface area contributed by atoms with E-state index in [-0.39, 0.29) is 19.4 Å². The van der Waals surface area contributed by atoms with Gasteiger partial charge in [-0.1, -0.05) is 272 Å². The van der Waals surface area contributed by atoms with Crippen LogP contribution in [0.4, 0.5) is 0 Å². The van der Waals surface area contributed by atoms with Gasteiger partial charge in [0.2, 0.25) is 5.91 Å². The van der Waals surface area contributed by atoms with Gasteiger partial charge in [-0.15, -0.1) is 0 Å². The van der Waals surface area contributed by atoms with Crippen molar-refractivity contribution in [3.63, 3.8) is 0 Å². The molecule has 0 aliphatic carbocycles. The second kappa shape index (κ2) is 57.0. The summed E-state index contributed by atoms with van der Waals surface area (Å²) in [6, 6.07) is -1.04. The average molecular weight is 1140 g/mol. The Kier molecular flexibility index (Phi) is 53.2. The molecule has 1 fully saturated rings. The molecule has 8 atom stereocenters. The minimum absolute atomic E-state index is 0.105. The molecule has 1 saturated heterocycles. The van der Waals surface area contributed by atoms with Gasteiger partial charge in [0.05, 0.1) is 25.4 Å². The van der Waals surface area contributed by atoms with Crippen LogP contribution in [0.15, 0.2) is 97.2 Å². The molecule has 11 nitrogen and oxygen atoms in total. The topological polar surface area (TPSA) is 175 Å². The van der Waals surface area contributed by atoms with Crippen molar-refractivity contribution in [2.75, 3.05) is 13.2 Å². The third kappa shape index (κ3) is 44.7. The molecule has 1 aliphatic rings. The maximum atomic E-state index is 13.5. The molecule has 6 N–H and O–H groups in total. The standard InChI is InChI=1S/C70H121NO10/c1-4-7-10-13-16-19-22-25-27-28-29-30-31-32-33-34-35-37-39-42-45-48-51-54-57-63(74)69(78)71-61(62(73)56-53-50-47-44-41-38-24-21-18-15-12-9-6-3)60-79-70-68(67(77)66(76)64(59-72)80-70)81-65(75)58-55-52-49-46-43-40-36-26-23-20-17-14-11-8-5-2/h8,11,14,16-17,19-20,23,25,27,29-30,32-33,53,56,61-64,66-68,70,72-74,76-77H,4-7,9-10,12-13,15,18,21-22,24,26,28,31,34-52,54-55,57-60H2,1-3H3,(H,71,78)/b11-8+,17-14+,19-16-,23-20+,27-25-,30-29-,33-32-,56-53+. The summed E-state index contributed by atoms with van der Waals surface area (Å²) in [5.74, 6) is -1.22. The second-order valence-corrected chi connectivity index (χ2v) is 22.5. The first-order valence-electron chi connectivity index (χ1n) is 33.0.